The van der Waals surface area contributed by atoms with Gasteiger partial charge in [0.25, 0.3) is 0 Å². The number of aromatic nitrogens is 1. The van der Waals surface area contributed by atoms with Gasteiger partial charge in [0.05, 0.1) is 12.2 Å². The Bertz CT molecular complexity index is 377. The van der Waals surface area contributed by atoms with Crippen LogP contribution in [0, 0.1) is 0 Å². The van der Waals surface area contributed by atoms with Crippen LogP contribution in [0.3, 0.4) is 0 Å². The summed E-state index contributed by atoms with van der Waals surface area (Å²) in [6, 6.07) is 3.94. The molecule has 0 atom stereocenters. The minimum absolute atomic E-state index is 0.0604. The van der Waals surface area contributed by atoms with Crippen molar-refractivity contribution in [2.24, 2.45) is 0 Å². The van der Waals surface area contributed by atoms with Crippen LogP contribution >= 0.6 is 0 Å². The molecule has 0 aliphatic rings. The zero-order chi connectivity index (χ0) is 12.8. The number of pyridine rings is 1. The van der Waals surface area contributed by atoms with E-state index in [0.717, 1.165) is 11.5 Å². The third-order valence-electron chi connectivity index (χ3n) is 2.16. The van der Waals surface area contributed by atoms with E-state index in [1.807, 2.05) is 38.9 Å². The molecule has 94 valence electrons. The van der Waals surface area contributed by atoms with Crippen LogP contribution in [0.25, 0.3) is 0 Å². The fraction of sp³-hybridized carbons (Fsp3) is 0.500. The maximum absolute atomic E-state index is 11.7. The number of carbonyl (C=O) groups is 1. The Labute approximate surface area is 102 Å². The lowest BCUT2D eigenvalue weighted by Crippen LogP contribution is -2.33. The van der Waals surface area contributed by atoms with Gasteiger partial charge in [-0.2, -0.15) is 0 Å². The Morgan fingerprint density at radius 1 is 1.47 bits per heavy atom. The molecular formula is C12H20N4O. The highest BCUT2D eigenvalue weighted by atomic mass is 16.1. The van der Waals surface area contributed by atoms with Gasteiger partial charge < -0.3 is 15.5 Å². The molecule has 0 aromatic carbocycles. The Kier molecular flexibility index (Phi) is 4.90. The summed E-state index contributed by atoms with van der Waals surface area (Å²) in [5.41, 5.74) is 0.730. The van der Waals surface area contributed by atoms with Crippen molar-refractivity contribution < 1.29 is 4.79 Å². The van der Waals surface area contributed by atoms with E-state index in [9.17, 15) is 4.79 Å². The number of anilines is 2. The standard InChI is InChI=1S/C12H20N4O/c1-9(2)14-8-11(17)15-10-6-5-7-13-12(10)16(3)4/h5-7,9,14H,8H2,1-4H3,(H,15,17). The van der Waals surface area contributed by atoms with E-state index in [4.69, 9.17) is 0 Å². The third-order valence-corrected chi connectivity index (χ3v) is 2.16. The van der Waals surface area contributed by atoms with Crippen molar-refractivity contribution in [3.8, 4) is 0 Å². The van der Waals surface area contributed by atoms with Crippen molar-refractivity contribution >= 4 is 17.4 Å². The Balaban J connectivity index is 2.65. The number of nitrogens with zero attached hydrogens (tertiary/aromatic N) is 2. The first-order chi connectivity index (χ1) is 8.00. The molecule has 1 aromatic rings. The summed E-state index contributed by atoms with van der Waals surface area (Å²) < 4.78 is 0. The normalized spacial score (nSPS) is 10.4. The predicted molar refractivity (Wildman–Crippen MR) is 70.3 cm³/mol. The summed E-state index contributed by atoms with van der Waals surface area (Å²) >= 11 is 0. The molecule has 5 heteroatoms. The molecule has 0 bridgehead atoms. The molecule has 0 saturated carbocycles. The van der Waals surface area contributed by atoms with Crippen molar-refractivity contribution in [3.05, 3.63) is 18.3 Å². The van der Waals surface area contributed by atoms with E-state index in [-0.39, 0.29) is 5.91 Å². The summed E-state index contributed by atoms with van der Waals surface area (Å²) in [6.45, 7) is 4.31. The molecule has 17 heavy (non-hydrogen) atoms. The average Bonchev–Trinajstić information content (AvgIpc) is 2.27. The fourth-order valence-electron chi connectivity index (χ4n) is 1.34. The minimum Gasteiger partial charge on any atom is -0.361 e. The van der Waals surface area contributed by atoms with Crippen molar-refractivity contribution in [1.82, 2.24) is 10.3 Å². The number of hydrogen-bond donors (Lipinski definition) is 2. The molecule has 0 fully saturated rings. The van der Waals surface area contributed by atoms with Crippen LogP contribution in [0.1, 0.15) is 13.8 Å². The molecule has 1 heterocycles. The summed E-state index contributed by atoms with van der Waals surface area (Å²) in [4.78, 5) is 17.8. The second kappa shape index (κ2) is 6.20. The summed E-state index contributed by atoms with van der Waals surface area (Å²) in [5, 5.41) is 5.91. The maximum Gasteiger partial charge on any atom is 0.238 e. The van der Waals surface area contributed by atoms with Gasteiger partial charge in [0.2, 0.25) is 5.91 Å². The first-order valence-electron chi connectivity index (χ1n) is 5.66. The Morgan fingerprint density at radius 2 is 2.18 bits per heavy atom. The van der Waals surface area contributed by atoms with Crippen LogP contribution < -0.4 is 15.5 Å². The van der Waals surface area contributed by atoms with E-state index < -0.39 is 0 Å². The largest absolute Gasteiger partial charge is 0.361 e. The zero-order valence-corrected chi connectivity index (χ0v) is 10.8. The van der Waals surface area contributed by atoms with E-state index in [0.29, 0.717) is 12.6 Å². The van der Waals surface area contributed by atoms with E-state index in [2.05, 4.69) is 15.6 Å². The molecule has 0 unspecified atom stereocenters. The molecule has 1 aromatic heterocycles. The van der Waals surface area contributed by atoms with E-state index in [1.54, 1.807) is 12.3 Å². The molecular weight excluding hydrogens is 216 g/mol. The number of amides is 1. The quantitative estimate of drug-likeness (QED) is 0.803. The summed E-state index contributed by atoms with van der Waals surface area (Å²) in [7, 11) is 3.79. The summed E-state index contributed by atoms with van der Waals surface area (Å²) in [5.74, 6) is 0.695. The number of nitrogens with one attached hydrogen (secondary N) is 2. The van der Waals surface area contributed by atoms with Crippen molar-refractivity contribution in [3.63, 3.8) is 0 Å². The van der Waals surface area contributed by atoms with Crippen LogP contribution in [0.4, 0.5) is 11.5 Å². The van der Waals surface area contributed by atoms with Gasteiger partial charge in [-0.05, 0) is 12.1 Å². The first-order valence-corrected chi connectivity index (χ1v) is 5.66. The van der Waals surface area contributed by atoms with E-state index in [1.165, 1.54) is 0 Å². The fourth-order valence-corrected chi connectivity index (χ4v) is 1.34. The first kappa shape index (κ1) is 13.4. The lowest BCUT2D eigenvalue weighted by atomic mass is 10.3. The lowest BCUT2D eigenvalue weighted by molar-refractivity contribution is -0.115. The zero-order valence-electron chi connectivity index (χ0n) is 10.8. The topological polar surface area (TPSA) is 57.3 Å². The van der Waals surface area contributed by atoms with Crippen molar-refractivity contribution in [2.75, 3.05) is 30.9 Å². The predicted octanol–water partition coefficient (Wildman–Crippen LogP) is 1.08. The monoisotopic (exact) mass is 236 g/mol. The average molecular weight is 236 g/mol. The van der Waals surface area contributed by atoms with Crippen molar-refractivity contribution in [1.29, 1.82) is 0 Å². The minimum atomic E-state index is -0.0604. The van der Waals surface area contributed by atoms with Gasteiger partial charge in [-0.15, -0.1) is 0 Å². The molecule has 1 rings (SSSR count). The van der Waals surface area contributed by atoms with Gasteiger partial charge in [0, 0.05) is 26.3 Å². The molecule has 1 amide bonds. The molecule has 0 spiro atoms. The molecule has 5 nitrogen and oxygen atoms in total. The van der Waals surface area contributed by atoms with Gasteiger partial charge in [-0.3, -0.25) is 4.79 Å². The molecule has 0 saturated heterocycles. The van der Waals surface area contributed by atoms with Gasteiger partial charge in [-0.1, -0.05) is 13.8 Å². The van der Waals surface area contributed by atoms with Crippen LogP contribution in [0.2, 0.25) is 0 Å². The molecule has 2 N–H and O–H groups in total. The molecule has 0 radical (unpaired) electrons. The van der Waals surface area contributed by atoms with Crippen LogP contribution in [-0.2, 0) is 4.79 Å². The van der Waals surface area contributed by atoms with Crippen LogP contribution in [-0.4, -0.2) is 37.6 Å². The highest BCUT2D eigenvalue weighted by Crippen LogP contribution is 2.19. The summed E-state index contributed by atoms with van der Waals surface area (Å²) in [6.07, 6.45) is 1.71. The number of carbonyl (C=O) groups excluding carboxylic acids is 1. The molecule has 0 aliphatic carbocycles. The van der Waals surface area contributed by atoms with Gasteiger partial charge >= 0.3 is 0 Å². The highest BCUT2D eigenvalue weighted by Gasteiger charge is 2.08. The van der Waals surface area contributed by atoms with Gasteiger partial charge in [-0.25, -0.2) is 4.98 Å². The maximum atomic E-state index is 11.7. The number of rotatable bonds is 5. The van der Waals surface area contributed by atoms with Crippen LogP contribution in [0.15, 0.2) is 18.3 Å². The van der Waals surface area contributed by atoms with Gasteiger partial charge in [0.15, 0.2) is 5.82 Å². The highest BCUT2D eigenvalue weighted by molar-refractivity contribution is 5.94. The van der Waals surface area contributed by atoms with E-state index >= 15 is 0 Å². The smallest absolute Gasteiger partial charge is 0.238 e. The number of hydrogen-bond acceptors (Lipinski definition) is 4. The SMILES string of the molecule is CC(C)NCC(=O)Nc1cccnc1N(C)C. The van der Waals surface area contributed by atoms with Gasteiger partial charge in [0.1, 0.15) is 0 Å². The lowest BCUT2D eigenvalue weighted by Gasteiger charge is -2.16. The second-order valence-corrected chi connectivity index (χ2v) is 4.35. The Hall–Kier alpha value is -1.62. The van der Waals surface area contributed by atoms with Crippen LogP contribution in [0.5, 0.6) is 0 Å². The second-order valence-electron chi connectivity index (χ2n) is 4.35. The van der Waals surface area contributed by atoms with Crippen molar-refractivity contribution in [2.45, 2.75) is 19.9 Å². The third kappa shape index (κ3) is 4.40. The Morgan fingerprint density at radius 3 is 2.76 bits per heavy atom. The molecule has 0 aliphatic heterocycles.